The minimum absolute atomic E-state index is 0.138. The minimum Gasteiger partial charge on any atom is -0.494 e. The second kappa shape index (κ2) is 10.1. The molecule has 1 N–H and O–H groups in total. The van der Waals surface area contributed by atoms with Crippen LogP contribution in [0.1, 0.15) is 18.1 Å². The van der Waals surface area contributed by atoms with Gasteiger partial charge in [0.1, 0.15) is 12.3 Å². The van der Waals surface area contributed by atoms with E-state index in [0.717, 1.165) is 21.2 Å². The third kappa shape index (κ3) is 5.86. The Labute approximate surface area is 183 Å². The molecule has 0 fully saturated rings. The van der Waals surface area contributed by atoms with Gasteiger partial charge in [0.15, 0.2) is 0 Å². The van der Waals surface area contributed by atoms with Crippen LogP contribution in [0.15, 0.2) is 83.8 Å². The Hall–Kier alpha value is -3.32. The molecule has 3 rings (SSSR count). The summed E-state index contributed by atoms with van der Waals surface area (Å²) in [6, 6.07) is 22.6. The number of carbonyl (C=O) groups is 1. The Kier molecular flexibility index (Phi) is 7.31. The Balaban J connectivity index is 1.78. The monoisotopic (exact) mass is 438 g/mol. The van der Waals surface area contributed by atoms with Gasteiger partial charge in [0.05, 0.1) is 17.2 Å². The van der Waals surface area contributed by atoms with Gasteiger partial charge in [0.25, 0.3) is 10.0 Å². The summed E-state index contributed by atoms with van der Waals surface area (Å²) >= 11 is 0. The Morgan fingerprint density at radius 2 is 1.68 bits per heavy atom. The highest BCUT2D eigenvalue weighted by Crippen LogP contribution is 2.23. The van der Waals surface area contributed by atoms with Crippen molar-refractivity contribution < 1.29 is 17.9 Å². The first-order valence-electron chi connectivity index (χ1n) is 10.0. The van der Waals surface area contributed by atoms with E-state index in [0.29, 0.717) is 12.3 Å². The summed E-state index contributed by atoms with van der Waals surface area (Å²) in [5.74, 6) is 0.323. The number of carbonyl (C=O) groups excluding carboxylic acids is 1. The number of aryl methyl sites for hydroxylation is 1. The highest BCUT2D eigenvalue weighted by Gasteiger charge is 2.27. The Morgan fingerprint density at radius 3 is 2.35 bits per heavy atom. The molecule has 0 heterocycles. The fourth-order valence-electron chi connectivity index (χ4n) is 3.05. The largest absolute Gasteiger partial charge is 0.494 e. The molecule has 1 amide bonds. The maximum atomic E-state index is 13.3. The number of hydrogen-bond acceptors (Lipinski definition) is 4. The van der Waals surface area contributed by atoms with E-state index >= 15 is 0 Å². The van der Waals surface area contributed by atoms with Crippen LogP contribution in [-0.4, -0.2) is 27.5 Å². The van der Waals surface area contributed by atoms with Crippen molar-refractivity contribution in [2.75, 3.05) is 17.5 Å². The summed E-state index contributed by atoms with van der Waals surface area (Å²) in [6.07, 6.45) is 0. The van der Waals surface area contributed by atoms with Gasteiger partial charge in [0, 0.05) is 6.54 Å². The molecule has 0 aliphatic carbocycles. The van der Waals surface area contributed by atoms with Gasteiger partial charge in [-0.25, -0.2) is 8.42 Å². The van der Waals surface area contributed by atoms with Crippen LogP contribution in [0, 0.1) is 6.92 Å². The smallest absolute Gasteiger partial charge is 0.264 e. The van der Waals surface area contributed by atoms with Gasteiger partial charge in [-0.05, 0) is 55.8 Å². The maximum Gasteiger partial charge on any atom is 0.264 e. The predicted octanol–water partition coefficient (Wildman–Crippen LogP) is 3.91. The van der Waals surface area contributed by atoms with E-state index in [9.17, 15) is 13.2 Å². The number of nitrogens with zero attached hydrogens (tertiary/aromatic N) is 1. The number of benzene rings is 3. The normalized spacial score (nSPS) is 11.0. The second-order valence-corrected chi connectivity index (χ2v) is 8.88. The third-order valence-corrected chi connectivity index (χ3v) is 6.43. The van der Waals surface area contributed by atoms with Crippen molar-refractivity contribution in [2.45, 2.75) is 25.3 Å². The molecule has 0 atom stereocenters. The quantitative estimate of drug-likeness (QED) is 0.550. The molecular weight excluding hydrogens is 412 g/mol. The molecule has 3 aromatic carbocycles. The van der Waals surface area contributed by atoms with Gasteiger partial charge in [-0.3, -0.25) is 9.10 Å². The Morgan fingerprint density at radius 1 is 0.968 bits per heavy atom. The van der Waals surface area contributed by atoms with Gasteiger partial charge in [-0.1, -0.05) is 48.0 Å². The molecule has 162 valence electrons. The van der Waals surface area contributed by atoms with Crippen molar-refractivity contribution >= 4 is 21.6 Å². The second-order valence-electron chi connectivity index (χ2n) is 7.02. The SMILES string of the molecule is CCOc1cccc(CNC(=O)CN(c2ccccc2)S(=O)(=O)c2ccc(C)cc2)c1. The topological polar surface area (TPSA) is 75.7 Å². The predicted molar refractivity (Wildman–Crippen MR) is 122 cm³/mol. The average Bonchev–Trinajstić information content (AvgIpc) is 2.77. The maximum absolute atomic E-state index is 13.3. The zero-order valence-electron chi connectivity index (χ0n) is 17.6. The number of sulfonamides is 1. The average molecular weight is 439 g/mol. The summed E-state index contributed by atoms with van der Waals surface area (Å²) in [4.78, 5) is 12.8. The fraction of sp³-hybridized carbons (Fsp3) is 0.208. The lowest BCUT2D eigenvalue weighted by Gasteiger charge is -2.24. The van der Waals surface area contributed by atoms with Crippen LogP contribution in [0.3, 0.4) is 0 Å². The van der Waals surface area contributed by atoms with Crippen molar-refractivity contribution in [2.24, 2.45) is 0 Å². The van der Waals surface area contributed by atoms with Crippen molar-refractivity contribution in [1.29, 1.82) is 0 Å². The highest BCUT2D eigenvalue weighted by atomic mass is 32.2. The lowest BCUT2D eigenvalue weighted by Crippen LogP contribution is -2.40. The Bertz CT molecular complexity index is 1110. The molecule has 0 aliphatic heterocycles. The molecule has 0 bridgehead atoms. The van der Waals surface area contributed by atoms with Gasteiger partial charge < -0.3 is 10.1 Å². The first kappa shape index (κ1) is 22.4. The lowest BCUT2D eigenvalue weighted by molar-refractivity contribution is -0.119. The van der Waals surface area contributed by atoms with Gasteiger partial charge >= 0.3 is 0 Å². The summed E-state index contributed by atoms with van der Waals surface area (Å²) < 4.78 is 33.2. The van der Waals surface area contributed by atoms with Crippen LogP contribution in [0.25, 0.3) is 0 Å². The summed E-state index contributed by atoms with van der Waals surface area (Å²) in [7, 11) is -3.91. The van der Waals surface area contributed by atoms with Crippen molar-refractivity contribution in [3.63, 3.8) is 0 Å². The van der Waals surface area contributed by atoms with Crippen molar-refractivity contribution in [3.8, 4) is 5.75 Å². The fourth-order valence-corrected chi connectivity index (χ4v) is 4.47. The first-order valence-corrected chi connectivity index (χ1v) is 11.5. The molecular formula is C24H26N2O4S. The van der Waals surface area contributed by atoms with E-state index in [1.165, 1.54) is 0 Å². The van der Waals surface area contributed by atoms with Gasteiger partial charge in [-0.2, -0.15) is 0 Å². The van der Waals surface area contributed by atoms with E-state index < -0.39 is 15.9 Å². The van der Waals surface area contributed by atoms with E-state index in [-0.39, 0.29) is 18.0 Å². The van der Waals surface area contributed by atoms with Gasteiger partial charge in [0.2, 0.25) is 5.91 Å². The molecule has 0 aliphatic rings. The standard InChI is InChI=1S/C24H26N2O4S/c1-3-30-22-11-7-8-20(16-22)17-25-24(27)18-26(21-9-5-4-6-10-21)31(28,29)23-14-12-19(2)13-15-23/h4-16H,3,17-18H2,1-2H3,(H,25,27). The molecule has 3 aromatic rings. The van der Waals surface area contributed by atoms with Crippen LogP contribution in [0.4, 0.5) is 5.69 Å². The summed E-state index contributed by atoms with van der Waals surface area (Å²) in [6.45, 7) is 4.29. The zero-order chi connectivity index (χ0) is 22.3. The molecule has 6 nitrogen and oxygen atoms in total. The van der Waals surface area contributed by atoms with E-state index in [2.05, 4.69) is 5.32 Å². The van der Waals surface area contributed by atoms with Crippen LogP contribution >= 0.6 is 0 Å². The number of hydrogen-bond donors (Lipinski definition) is 1. The van der Waals surface area contributed by atoms with E-state index in [1.54, 1.807) is 54.6 Å². The van der Waals surface area contributed by atoms with E-state index in [4.69, 9.17) is 4.74 Å². The van der Waals surface area contributed by atoms with Crippen LogP contribution in [0.5, 0.6) is 5.75 Å². The number of amides is 1. The lowest BCUT2D eigenvalue weighted by atomic mass is 10.2. The molecule has 0 saturated carbocycles. The summed E-state index contributed by atoms with van der Waals surface area (Å²) in [5.41, 5.74) is 2.25. The molecule has 0 aromatic heterocycles. The van der Waals surface area contributed by atoms with Crippen molar-refractivity contribution in [1.82, 2.24) is 5.32 Å². The summed E-state index contributed by atoms with van der Waals surface area (Å²) in [5, 5.41) is 2.80. The number of para-hydroxylation sites is 1. The zero-order valence-corrected chi connectivity index (χ0v) is 18.4. The van der Waals surface area contributed by atoms with E-state index in [1.807, 2.05) is 38.1 Å². The molecule has 0 saturated heterocycles. The third-order valence-electron chi connectivity index (χ3n) is 4.64. The van der Waals surface area contributed by atoms with Gasteiger partial charge in [-0.15, -0.1) is 0 Å². The molecule has 0 unspecified atom stereocenters. The minimum atomic E-state index is -3.91. The number of nitrogens with one attached hydrogen (secondary N) is 1. The van der Waals surface area contributed by atoms with Crippen LogP contribution < -0.4 is 14.4 Å². The highest BCUT2D eigenvalue weighted by molar-refractivity contribution is 7.92. The number of rotatable bonds is 9. The van der Waals surface area contributed by atoms with Crippen LogP contribution in [0.2, 0.25) is 0 Å². The first-order chi connectivity index (χ1) is 14.9. The molecule has 0 radical (unpaired) electrons. The molecule has 7 heteroatoms. The van der Waals surface area contributed by atoms with Crippen LogP contribution in [-0.2, 0) is 21.4 Å². The van der Waals surface area contributed by atoms with Crippen molar-refractivity contribution in [3.05, 3.63) is 90.0 Å². The molecule has 31 heavy (non-hydrogen) atoms. The number of ether oxygens (including phenoxy) is 1. The number of anilines is 1. The molecule has 0 spiro atoms.